The zero-order chi connectivity index (χ0) is 50.3. The molecule has 1 fully saturated rings. The number of aliphatic hydroxyl groups excluding tert-OH is 1. The van der Waals surface area contributed by atoms with Crippen molar-refractivity contribution in [2.75, 3.05) is 31.2 Å². The first-order chi connectivity index (χ1) is 30.9. The number of primary amides is 1. The maximum absolute atomic E-state index is 13.7. The van der Waals surface area contributed by atoms with E-state index < -0.39 is 152 Å². The van der Waals surface area contributed by atoms with E-state index in [9.17, 15) is 68.1 Å². The summed E-state index contributed by atoms with van der Waals surface area (Å²) in [6.45, 7) is 4.71. The molecule has 19 N–H and O–H groups in total. The third-order valence-electron chi connectivity index (χ3n) is 9.26. The van der Waals surface area contributed by atoms with Crippen LogP contribution in [0.3, 0.4) is 0 Å². The van der Waals surface area contributed by atoms with Gasteiger partial charge in [-0.25, -0.2) is 4.79 Å². The lowest BCUT2D eigenvalue weighted by atomic mass is 9.99. The Hall–Kier alpha value is -5.94. The summed E-state index contributed by atoms with van der Waals surface area (Å²) < 4.78 is 0. The summed E-state index contributed by atoms with van der Waals surface area (Å²) in [6, 6.07) is -12.2. The third kappa shape index (κ3) is 22.3. The van der Waals surface area contributed by atoms with E-state index in [1.807, 2.05) is 0 Å². The van der Waals surface area contributed by atoms with E-state index >= 15 is 0 Å². The lowest BCUT2D eigenvalue weighted by Gasteiger charge is -2.28. The molecule has 0 aromatic heterocycles. The first-order valence-electron chi connectivity index (χ1n) is 20.6. The van der Waals surface area contributed by atoms with Crippen LogP contribution in [0.15, 0.2) is 4.99 Å². The van der Waals surface area contributed by atoms with Crippen molar-refractivity contribution in [1.29, 1.82) is 0 Å². The van der Waals surface area contributed by atoms with E-state index in [0.717, 1.165) is 21.6 Å². The van der Waals surface area contributed by atoms with Crippen LogP contribution in [0, 0.1) is 11.8 Å². The highest BCUT2D eigenvalue weighted by Crippen LogP contribution is 2.23. The number of carbonyl (C=O) groups is 11. The highest BCUT2D eigenvalue weighted by Gasteiger charge is 2.35. The van der Waals surface area contributed by atoms with Gasteiger partial charge in [0.15, 0.2) is 5.96 Å². The molecule has 1 aliphatic heterocycles. The molecule has 1 aliphatic rings. The largest absolute Gasteiger partial charge is 0.481 e. The summed E-state index contributed by atoms with van der Waals surface area (Å²) in [5.41, 5.74) is 22.2. The minimum absolute atomic E-state index is 0.0171. The van der Waals surface area contributed by atoms with Crippen LogP contribution < -0.4 is 65.5 Å². The van der Waals surface area contributed by atoms with Gasteiger partial charge in [-0.2, -0.15) is 0 Å². The Morgan fingerprint density at radius 1 is 0.682 bits per heavy atom. The molecule has 0 aliphatic carbocycles. The molecule has 0 aromatic rings. The molecular formula is C37H63N13O14S2. The maximum atomic E-state index is 13.7. The van der Waals surface area contributed by atoms with Crippen molar-refractivity contribution < 1.29 is 68.1 Å². The number of carboxylic acid groups (broad SMARTS) is 2. The van der Waals surface area contributed by atoms with E-state index in [2.05, 4.69) is 47.5 Å². The number of amides is 9. The van der Waals surface area contributed by atoms with Gasteiger partial charge in [0.25, 0.3) is 0 Å². The van der Waals surface area contributed by atoms with Gasteiger partial charge in [-0.1, -0.05) is 49.3 Å². The zero-order valence-corrected chi connectivity index (χ0v) is 38.6. The predicted octanol–water partition coefficient (Wildman–Crippen LogP) is -6.21. The minimum Gasteiger partial charge on any atom is -0.481 e. The molecule has 0 unspecified atom stereocenters. The van der Waals surface area contributed by atoms with Crippen LogP contribution in [0.25, 0.3) is 0 Å². The number of aliphatic hydroxyl groups is 1. The SMILES string of the molecule is CC(C)C[C@@H]1NC(=O)[C@H](C(C)C)NC(=O)[C@@H](N)CSSC[C@@H](C(=O)O)NC(=O)[C@H](CCC(=O)O)NC(=O)[C@H](CO)NC(=O)[C@H](CCCN=C(N)N)NC(=O)CNC(=O)[C@H](CC(N)=O)NC1=O. The molecule has 8 atom stereocenters. The summed E-state index contributed by atoms with van der Waals surface area (Å²) in [6.07, 6.45) is -2.14. The fourth-order valence-electron chi connectivity index (χ4n) is 5.79. The topological polar surface area (TPSA) is 461 Å². The van der Waals surface area contributed by atoms with Crippen molar-refractivity contribution in [3.05, 3.63) is 0 Å². The van der Waals surface area contributed by atoms with Gasteiger partial charge in [-0.15, -0.1) is 0 Å². The summed E-state index contributed by atoms with van der Waals surface area (Å²) in [7, 11) is 1.83. The molecule has 0 saturated carbocycles. The van der Waals surface area contributed by atoms with Crippen LogP contribution in [-0.2, 0) is 52.7 Å². The van der Waals surface area contributed by atoms with Gasteiger partial charge < -0.3 is 80.8 Å². The number of carbonyl (C=O) groups excluding carboxylic acids is 9. The molecule has 372 valence electrons. The standard InChI is InChI=1S/C37H63N13O14S2/c1-16(2)10-21-33(60)46-22(11-25(39)52)30(57)43-12-26(53)44-19(6-5-9-42-37(40)41)31(58)48-23(13-51)34(61)45-20(7-8-27(54)55)32(59)49-24(36(63)64)15-66-65-14-18(38)29(56)50-28(17(3)4)35(62)47-21/h16-24,28,51H,5-15,38H2,1-4H3,(H2,39,52)(H,43,57)(H,44,53)(H,45,61)(H,46,60)(H,47,62)(H,48,58)(H,49,59)(H,50,56)(H,54,55)(H,63,64)(H4,40,41,42)/t18-,19-,20-,21-,22-,23-,24-,28-/m0/s1. The van der Waals surface area contributed by atoms with E-state index in [0.29, 0.717) is 0 Å². The van der Waals surface area contributed by atoms with E-state index in [-0.39, 0.29) is 49.2 Å². The molecule has 66 heavy (non-hydrogen) atoms. The van der Waals surface area contributed by atoms with Gasteiger partial charge in [0.1, 0.15) is 42.3 Å². The van der Waals surface area contributed by atoms with Crippen molar-refractivity contribution in [2.24, 2.45) is 39.8 Å². The Morgan fingerprint density at radius 3 is 1.79 bits per heavy atom. The second kappa shape index (κ2) is 29.6. The van der Waals surface area contributed by atoms with Crippen LogP contribution in [-0.4, -0.2) is 166 Å². The Morgan fingerprint density at radius 2 is 1.23 bits per heavy atom. The van der Waals surface area contributed by atoms with Gasteiger partial charge in [-0.3, -0.25) is 52.9 Å². The maximum Gasteiger partial charge on any atom is 0.327 e. The van der Waals surface area contributed by atoms with E-state index in [1.165, 1.54) is 0 Å². The molecule has 29 heteroatoms. The molecule has 27 nitrogen and oxygen atoms in total. The predicted molar refractivity (Wildman–Crippen MR) is 239 cm³/mol. The zero-order valence-electron chi connectivity index (χ0n) is 37.0. The van der Waals surface area contributed by atoms with Crippen LogP contribution in [0.1, 0.15) is 66.2 Å². The number of aliphatic imine (C=N–C) groups is 1. The number of nitrogens with two attached hydrogens (primary N) is 4. The highest BCUT2D eigenvalue weighted by atomic mass is 33.1. The summed E-state index contributed by atoms with van der Waals surface area (Å²) >= 11 is 0. The van der Waals surface area contributed by atoms with Gasteiger partial charge >= 0.3 is 11.9 Å². The van der Waals surface area contributed by atoms with Crippen molar-refractivity contribution in [3.63, 3.8) is 0 Å². The lowest BCUT2D eigenvalue weighted by Crippen LogP contribution is -2.60. The summed E-state index contributed by atoms with van der Waals surface area (Å²) in [5, 5.41) is 48.0. The fourth-order valence-corrected chi connectivity index (χ4v) is 8.06. The molecular weight excluding hydrogens is 915 g/mol. The first-order valence-corrected chi connectivity index (χ1v) is 23.1. The molecule has 1 saturated heterocycles. The van der Waals surface area contributed by atoms with Crippen LogP contribution in [0.4, 0.5) is 0 Å². The molecule has 1 rings (SSSR count). The smallest absolute Gasteiger partial charge is 0.327 e. The monoisotopic (exact) mass is 977 g/mol. The second-order valence-electron chi connectivity index (χ2n) is 15.8. The van der Waals surface area contributed by atoms with Crippen LogP contribution >= 0.6 is 21.6 Å². The van der Waals surface area contributed by atoms with Crippen LogP contribution in [0.2, 0.25) is 0 Å². The molecule has 1 heterocycles. The van der Waals surface area contributed by atoms with Crippen LogP contribution in [0.5, 0.6) is 0 Å². The average Bonchev–Trinajstić information content (AvgIpc) is 3.22. The lowest BCUT2D eigenvalue weighted by molar-refractivity contribution is -0.142. The number of carboxylic acids is 2. The number of rotatable bonds is 14. The minimum atomic E-state index is -1.83. The normalized spacial score (nSPS) is 25.5. The Balaban J connectivity index is 3.68. The Kier molecular flexibility index (Phi) is 26.0. The molecule has 9 amide bonds. The number of aliphatic carboxylic acids is 2. The Labute approximate surface area is 387 Å². The quantitative estimate of drug-likeness (QED) is 0.0333. The second-order valence-corrected chi connectivity index (χ2v) is 18.3. The molecule has 0 aromatic carbocycles. The van der Waals surface area contributed by atoms with Gasteiger partial charge in [0, 0.05) is 24.5 Å². The molecule has 0 spiro atoms. The highest BCUT2D eigenvalue weighted by molar-refractivity contribution is 8.76. The number of nitrogens with one attached hydrogen (secondary N) is 8. The summed E-state index contributed by atoms with van der Waals surface area (Å²) in [5.74, 6) is -13.5. The Bertz CT molecular complexity index is 1790. The van der Waals surface area contributed by atoms with Gasteiger partial charge in [-0.05, 0) is 37.5 Å². The van der Waals surface area contributed by atoms with Crippen molar-refractivity contribution >= 4 is 92.7 Å². The number of nitrogens with zero attached hydrogens (tertiary/aromatic N) is 1. The van der Waals surface area contributed by atoms with Crippen molar-refractivity contribution in [1.82, 2.24) is 42.5 Å². The first kappa shape index (κ1) is 58.1. The third-order valence-corrected chi connectivity index (χ3v) is 11.7. The van der Waals surface area contributed by atoms with E-state index in [4.69, 9.17) is 22.9 Å². The fraction of sp³-hybridized carbons (Fsp3) is 0.676. The van der Waals surface area contributed by atoms with Crippen molar-refractivity contribution in [2.45, 2.75) is 115 Å². The van der Waals surface area contributed by atoms with Gasteiger partial charge in [0.2, 0.25) is 53.2 Å². The van der Waals surface area contributed by atoms with Gasteiger partial charge in [0.05, 0.1) is 25.6 Å². The molecule has 0 bridgehead atoms. The number of guanidine groups is 1. The molecule has 0 radical (unpaired) electrons. The number of hydrogen-bond donors (Lipinski definition) is 15. The van der Waals surface area contributed by atoms with Crippen molar-refractivity contribution in [3.8, 4) is 0 Å². The number of hydrogen-bond acceptors (Lipinski definition) is 16. The van der Waals surface area contributed by atoms with E-state index in [1.54, 1.807) is 27.7 Å². The summed E-state index contributed by atoms with van der Waals surface area (Å²) in [4.78, 5) is 147. The average molecular weight is 978 g/mol.